The Kier molecular flexibility index (Phi) is 6.84. The highest BCUT2D eigenvalue weighted by Gasteiger charge is 2.35. The number of rotatable bonds is 7. The maximum Gasteiger partial charge on any atom is 0.265 e. The first-order valence-corrected chi connectivity index (χ1v) is 11.1. The van der Waals surface area contributed by atoms with Gasteiger partial charge in [-0.15, -0.1) is 11.3 Å². The van der Waals surface area contributed by atoms with E-state index < -0.39 is 12.1 Å². The molecular weight excluding hydrogens is 428 g/mol. The van der Waals surface area contributed by atoms with Crippen LogP contribution in [0.2, 0.25) is 0 Å². The molecule has 4 rings (SSSR count). The fourth-order valence-electron chi connectivity index (χ4n) is 3.70. The Bertz CT molecular complexity index is 1070. The number of methoxy groups -OCH3 is 1. The zero-order valence-corrected chi connectivity index (χ0v) is 18.4. The fourth-order valence-corrected chi connectivity index (χ4v) is 4.31. The second kappa shape index (κ2) is 9.95. The van der Waals surface area contributed by atoms with E-state index in [-0.39, 0.29) is 25.0 Å². The van der Waals surface area contributed by atoms with Gasteiger partial charge in [0.25, 0.3) is 5.91 Å². The molecule has 1 saturated heterocycles. The Morgan fingerprint density at radius 1 is 1.22 bits per heavy atom. The van der Waals surface area contributed by atoms with Gasteiger partial charge in [-0.2, -0.15) is 0 Å². The molecular formula is C24H24N2O5S. The summed E-state index contributed by atoms with van der Waals surface area (Å²) in [5.74, 6) is 0.319. The number of carbonyl (C=O) groups is 2. The van der Waals surface area contributed by atoms with Crippen LogP contribution in [-0.2, 0) is 16.1 Å². The summed E-state index contributed by atoms with van der Waals surface area (Å²) in [6, 6.07) is 17.5. The van der Waals surface area contributed by atoms with Crippen molar-refractivity contribution in [3.05, 3.63) is 82.0 Å². The monoisotopic (exact) mass is 452 g/mol. The van der Waals surface area contributed by atoms with Gasteiger partial charge in [0, 0.05) is 17.8 Å². The molecule has 32 heavy (non-hydrogen) atoms. The van der Waals surface area contributed by atoms with E-state index in [1.807, 2.05) is 35.7 Å². The summed E-state index contributed by atoms with van der Waals surface area (Å²) < 4.78 is 10.8. The van der Waals surface area contributed by atoms with Crippen molar-refractivity contribution in [2.24, 2.45) is 0 Å². The van der Waals surface area contributed by atoms with Crippen molar-refractivity contribution in [1.82, 2.24) is 4.90 Å². The molecule has 7 nitrogen and oxygen atoms in total. The Morgan fingerprint density at radius 3 is 2.72 bits per heavy atom. The first-order chi connectivity index (χ1) is 15.6. The highest BCUT2D eigenvalue weighted by atomic mass is 32.1. The number of aliphatic hydroxyl groups is 1. The first-order valence-electron chi connectivity index (χ1n) is 10.2. The lowest BCUT2D eigenvalue weighted by atomic mass is 9.99. The summed E-state index contributed by atoms with van der Waals surface area (Å²) in [6.45, 7) is 0.508. The van der Waals surface area contributed by atoms with Crippen molar-refractivity contribution in [2.45, 2.75) is 18.7 Å². The number of nitrogens with zero attached hydrogens (tertiary/aromatic N) is 1. The molecule has 8 heteroatoms. The molecule has 3 aromatic rings. The van der Waals surface area contributed by atoms with Crippen LogP contribution < -0.4 is 10.1 Å². The molecule has 2 heterocycles. The van der Waals surface area contributed by atoms with Gasteiger partial charge in [-0.25, -0.2) is 0 Å². The molecule has 0 bridgehead atoms. The molecule has 1 aromatic heterocycles. The highest BCUT2D eigenvalue weighted by molar-refractivity contribution is 7.12. The fraction of sp³-hybridized carbons (Fsp3) is 0.250. The number of aliphatic hydroxyl groups excluding tert-OH is 1. The van der Waals surface area contributed by atoms with E-state index >= 15 is 0 Å². The Hall–Kier alpha value is -3.20. The quantitative estimate of drug-likeness (QED) is 0.573. The van der Waals surface area contributed by atoms with Gasteiger partial charge in [-0.05, 0) is 35.2 Å². The minimum atomic E-state index is -0.948. The van der Waals surface area contributed by atoms with E-state index in [1.165, 1.54) is 11.3 Å². The van der Waals surface area contributed by atoms with Crippen molar-refractivity contribution in [1.29, 1.82) is 0 Å². The van der Waals surface area contributed by atoms with Gasteiger partial charge in [0.15, 0.2) is 0 Å². The molecule has 0 spiro atoms. The third-order valence-corrected chi connectivity index (χ3v) is 6.26. The molecule has 1 aliphatic rings. The van der Waals surface area contributed by atoms with E-state index in [2.05, 4.69) is 5.32 Å². The molecule has 2 amide bonds. The highest BCUT2D eigenvalue weighted by Crippen LogP contribution is 2.29. The Labute approximate surface area is 190 Å². The van der Waals surface area contributed by atoms with Crippen LogP contribution in [0, 0.1) is 0 Å². The molecule has 1 aliphatic heterocycles. The molecule has 1 fully saturated rings. The molecule has 0 aliphatic carbocycles. The van der Waals surface area contributed by atoms with Crippen LogP contribution in [-0.4, -0.2) is 48.2 Å². The van der Waals surface area contributed by atoms with Crippen LogP contribution in [0.1, 0.15) is 26.9 Å². The van der Waals surface area contributed by atoms with Gasteiger partial charge in [-0.1, -0.05) is 36.4 Å². The normalized spacial score (nSPS) is 17.1. The number of benzene rings is 2. The van der Waals surface area contributed by atoms with Crippen molar-refractivity contribution >= 4 is 28.8 Å². The predicted molar refractivity (Wildman–Crippen MR) is 122 cm³/mol. The number of anilines is 1. The molecule has 2 aromatic carbocycles. The van der Waals surface area contributed by atoms with Gasteiger partial charge in [-0.3, -0.25) is 9.59 Å². The van der Waals surface area contributed by atoms with Gasteiger partial charge in [0.1, 0.15) is 18.5 Å². The molecule has 0 saturated carbocycles. The van der Waals surface area contributed by atoms with Crippen LogP contribution in [0.4, 0.5) is 5.69 Å². The maximum atomic E-state index is 12.6. The largest absolute Gasteiger partial charge is 0.496 e. The van der Waals surface area contributed by atoms with E-state index in [9.17, 15) is 14.7 Å². The lowest BCUT2D eigenvalue weighted by Crippen LogP contribution is -2.51. The van der Waals surface area contributed by atoms with Crippen molar-refractivity contribution < 1.29 is 24.2 Å². The second-order valence-corrected chi connectivity index (χ2v) is 8.36. The van der Waals surface area contributed by atoms with Crippen molar-refractivity contribution in [3.8, 4) is 5.75 Å². The number of morpholine rings is 1. The lowest BCUT2D eigenvalue weighted by Gasteiger charge is -2.38. The smallest absolute Gasteiger partial charge is 0.265 e. The van der Waals surface area contributed by atoms with E-state index in [1.54, 1.807) is 42.3 Å². The average molecular weight is 453 g/mol. The topological polar surface area (TPSA) is 88.1 Å². The number of amides is 2. The van der Waals surface area contributed by atoms with Crippen LogP contribution >= 0.6 is 11.3 Å². The maximum absolute atomic E-state index is 12.6. The zero-order valence-electron chi connectivity index (χ0n) is 17.6. The molecule has 2 unspecified atom stereocenters. The summed E-state index contributed by atoms with van der Waals surface area (Å²) in [4.78, 5) is 27.1. The van der Waals surface area contributed by atoms with Gasteiger partial charge >= 0.3 is 0 Å². The number of para-hydroxylation sites is 1. The molecule has 166 valence electrons. The average Bonchev–Trinajstić information content (AvgIpc) is 3.36. The number of thiophene rings is 1. The van der Waals surface area contributed by atoms with Crippen molar-refractivity contribution in [2.75, 3.05) is 25.6 Å². The molecule has 0 radical (unpaired) electrons. The number of carbonyl (C=O) groups excluding carboxylic acids is 2. The SMILES string of the molecule is COc1ccccc1CN1C(=O)COCC1C(O)c1ccc(NC(=O)c2cccs2)cc1. The number of nitrogens with one attached hydrogen (secondary N) is 1. The standard InChI is InChI=1S/C24H24N2O5S/c1-30-20-6-3-2-5-17(20)13-26-19(14-31-15-22(26)27)23(28)16-8-10-18(11-9-16)25-24(29)21-7-4-12-32-21/h2-12,19,23,28H,13-15H2,1H3,(H,25,29). The first kappa shape index (κ1) is 22.0. The van der Waals surface area contributed by atoms with Crippen LogP contribution in [0.5, 0.6) is 5.75 Å². The summed E-state index contributed by atoms with van der Waals surface area (Å²) in [5.41, 5.74) is 2.11. The number of hydrogen-bond acceptors (Lipinski definition) is 6. The summed E-state index contributed by atoms with van der Waals surface area (Å²) in [5, 5.41) is 15.8. The van der Waals surface area contributed by atoms with Gasteiger partial charge in [0.05, 0.1) is 24.6 Å². The van der Waals surface area contributed by atoms with E-state index in [4.69, 9.17) is 9.47 Å². The van der Waals surface area contributed by atoms with Crippen LogP contribution in [0.3, 0.4) is 0 Å². The third-order valence-electron chi connectivity index (χ3n) is 5.39. The van der Waals surface area contributed by atoms with E-state index in [0.717, 1.165) is 5.56 Å². The minimum Gasteiger partial charge on any atom is -0.496 e. The van der Waals surface area contributed by atoms with Crippen LogP contribution in [0.15, 0.2) is 66.0 Å². The van der Waals surface area contributed by atoms with Crippen molar-refractivity contribution in [3.63, 3.8) is 0 Å². The summed E-state index contributed by atoms with van der Waals surface area (Å²) >= 11 is 1.37. The molecule has 2 atom stereocenters. The summed E-state index contributed by atoms with van der Waals surface area (Å²) in [6.07, 6.45) is -0.948. The second-order valence-electron chi connectivity index (χ2n) is 7.41. The Balaban J connectivity index is 1.49. The molecule has 2 N–H and O–H groups in total. The third kappa shape index (κ3) is 4.83. The Morgan fingerprint density at radius 2 is 2.00 bits per heavy atom. The zero-order chi connectivity index (χ0) is 22.5. The lowest BCUT2D eigenvalue weighted by molar-refractivity contribution is -0.155. The number of hydrogen-bond donors (Lipinski definition) is 2. The van der Waals surface area contributed by atoms with Crippen LogP contribution in [0.25, 0.3) is 0 Å². The summed E-state index contributed by atoms with van der Waals surface area (Å²) in [7, 11) is 1.59. The van der Waals surface area contributed by atoms with Gasteiger partial charge in [0.2, 0.25) is 5.91 Å². The number of ether oxygens (including phenoxy) is 2. The van der Waals surface area contributed by atoms with Gasteiger partial charge < -0.3 is 24.8 Å². The minimum absolute atomic E-state index is 0.0218. The van der Waals surface area contributed by atoms with E-state index in [0.29, 0.717) is 28.4 Å². The predicted octanol–water partition coefficient (Wildman–Crippen LogP) is 3.47.